The van der Waals surface area contributed by atoms with Crippen molar-refractivity contribution >= 4 is 15.9 Å². The molecule has 0 atom stereocenters. The molecule has 192 valence electrons. The molecule has 2 aromatic carbocycles. The molecule has 1 aliphatic heterocycles. The van der Waals surface area contributed by atoms with Crippen molar-refractivity contribution in [2.24, 2.45) is 5.92 Å². The molecule has 0 N–H and O–H groups in total. The summed E-state index contributed by atoms with van der Waals surface area (Å²) >= 11 is 0. The van der Waals surface area contributed by atoms with Gasteiger partial charge in [0.05, 0.1) is 25.2 Å². The van der Waals surface area contributed by atoms with Crippen molar-refractivity contribution in [1.29, 1.82) is 0 Å². The van der Waals surface area contributed by atoms with E-state index in [1.165, 1.54) is 23.5 Å². The van der Waals surface area contributed by atoms with Gasteiger partial charge in [-0.15, -0.1) is 0 Å². The number of carbonyl (C=O) groups is 1. The number of benzene rings is 2. The van der Waals surface area contributed by atoms with Gasteiger partial charge in [-0.2, -0.15) is 9.29 Å². The van der Waals surface area contributed by atoms with E-state index in [1.807, 2.05) is 31.2 Å². The van der Waals surface area contributed by atoms with Crippen molar-refractivity contribution in [3.63, 3.8) is 0 Å². The maximum atomic E-state index is 13.0. The van der Waals surface area contributed by atoms with Crippen LogP contribution in [0.15, 0.2) is 57.9 Å². The van der Waals surface area contributed by atoms with E-state index < -0.39 is 10.0 Å². The fourth-order valence-electron chi connectivity index (χ4n) is 4.14. The fourth-order valence-corrected chi connectivity index (χ4v) is 5.61. The number of carbonyl (C=O) groups excluding carboxylic acids is 1. The van der Waals surface area contributed by atoms with Crippen LogP contribution < -0.4 is 9.47 Å². The number of ether oxygens (including phenoxy) is 2. The number of hydrogen-bond acceptors (Lipinski definition) is 8. The molecule has 1 aliphatic rings. The second-order valence-electron chi connectivity index (χ2n) is 8.52. The molecule has 0 bridgehead atoms. The van der Waals surface area contributed by atoms with Gasteiger partial charge in [-0.1, -0.05) is 5.16 Å². The molecule has 3 aromatic rings. The standard InChI is InChI=1S/C25H30N4O6S/c1-4-34-21-7-5-18(6-8-21)24-26-23(35-27-24)17-28(2)25(30)19-13-15-29(16-14-19)36(31,32)22-11-9-20(33-3)10-12-22/h5-12,19H,4,13-17H2,1-3H3. The Kier molecular flexibility index (Phi) is 7.90. The van der Waals surface area contributed by atoms with Gasteiger partial charge in [0, 0.05) is 31.6 Å². The first-order valence-electron chi connectivity index (χ1n) is 11.8. The molecule has 1 amide bonds. The summed E-state index contributed by atoms with van der Waals surface area (Å²) in [6.07, 6.45) is 0.889. The molecule has 2 heterocycles. The number of amides is 1. The number of methoxy groups -OCH3 is 1. The lowest BCUT2D eigenvalue weighted by atomic mass is 9.97. The van der Waals surface area contributed by atoms with Gasteiger partial charge in [-0.25, -0.2) is 8.42 Å². The minimum Gasteiger partial charge on any atom is -0.497 e. The van der Waals surface area contributed by atoms with E-state index in [0.29, 0.717) is 36.9 Å². The highest BCUT2D eigenvalue weighted by molar-refractivity contribution is 7.89. The first-order valence-corrected chi connectivity index (χ1v) is 13.2. The van der Waals surface area contributed by atoms with Crippen LogP contribution in [-0.4, -0.2) is 67.5 Å². The minimum absolute atomic E-state index is 0.0719. The molecule has 0 radical (unpaired) electrons. The molecule has 1 fully saturated rings. The fraction of sp³-hybridized carbons (Fsp3) is 0.400. The molecule has 4 rings (SSSR count). The Morgan fingerprint density at radius 1 is 1.08 bits per heavy atom. The molecule has 10 nitrogen and oxygen atoms in total. The lowest BCUT2D eigenvalue weighted by Gasteiger charge is -2.32. The number of nitrogens with zero attached hydrogens (tertiary/aromatic N) is 4. The van der Waals surface area contributed by atoms with E-state index in [9.17, 15) is 13.2 Å². The Labute approximate surface area is 210 Å². The highest BCUT2D eigenvalue weighted by atomic mass is 32.2. The van der Waals surface area contributed by atoms with Crippen molar-refractivity contribution in [1.82, 2.24) is 19.3 Å². The van der Waals surface area contributed by atoms with Gasteiger partial charge in [-0.05, 0) is 68.3 Å². The van der Waals surface area contributed by atoms with Gasteiger partial charge in [0.25, 0.3) is 0 Å². The molecule has 0 spiro atoms. The second kappa shape index (κ2) is 11.1. The van der Waals surface area contributed by atoms with Crippen LogP contribution in [0.5, 0.6) is 11.5 Å². The topological polar surface area (TPSA) is 115 Å². The van der Waals surface area contributed by atoms with Crippen molar-refractivity contribution in [2.45, 2.75) is 31.2 Å². The Balaban J connectivity index is 1.32. The predicted molar refractivity (Wildman–Crippen MR) is 132 cm³/mol. The number of piperidine rings is 1. The molecule has 0 unspecified atom stereocenters. The highest BCUT2D eigenvalue weighted by Gasteiger charge is 2.33. The van der Waals surface area contributed by atoms with Gasteiger partial charge in [0.15, 0.2) is 0 Å². The van der Waals surface area contributed by atoms with E-state index in [4.69, 9.17) is 14.0 Å². The molecule has 0 saturated carbocycles. The third-order valence-corrected chi connectivity index (χ3v) is 8.05. The van der Waals surface area contributed by atoms with Crippen LogP contribution >= 0.6 is 0 Å². The number of rotatable bonds is 9. The Bertz CT molecular complexity index is 1270. The second-order valence-corrected chi connectivity index (χ2v) is 10.5. The van der Waals surface area contributed by atoms with E-state index >= 15 is 0 Å². The van der Waals surface area contributed by atoms with Gasteiger partial charge in [0.1, 0.15) is 11.5 Å². The summed E-state index contributed by atoms with van der Waals surface area (Å²) in [5.74, 6) is 1.77. The summed E-state index contributed by atoms with van der Waals surface area (Å²) in [4.78, 5) is 19.2. The maximum Gasteiger partial charge on any atom is 0.246 e. The summed E-state index contributed by atoms with van der Waals surface area (Å²) < 4.78 is 43.3. The maximum absolute atomic E-state index is 13.0. The average molecular weight is 515 g/mol. The van der Waals surface area contributed by atoms with Gasteiger partial charge >= 0.3 is 0 Å². The van der Waals surface area contributed by atoms with Crippen LogP contribution in [0.3, 0.4) is 0 Å². The molecular formula is C25H30N4O6S. The summed E-state index contributed by atoms with van der Waals surface area (Å²) in [6, 6.07) is 13.7. The normalized spacial score (nSPS) is 15.0. The smallest absolute Gasteiger partial charge is 0.246 e. The molecule has 1 saturated heterocycles. The van der Waals surface area contributed by atoms with E-state index in [-0.39, 0.29) is 36.4 Å². The van der Waals surface area contributed by atoms with Crippen LogP contribution in [0, 0.1) is 5.92 Å². The zero-order chi connectivity index (χ0) is 25.7. The highest BCUT2D eigenvalue weighted by Crippen LogP contribution is 2.27. The number of sulfonamides is 1. The van der Waals surface area contributed by atoms with Crippen LogP contribution in [0.25, 0.3) is 11.4 Å². The number of aromatic nitrogens is 2. The molecule has 1 aromatic heterocycles. The molecule has 36 heavy (non-hydrogen) atoms. The summed E-state index contributed by atoms with van der Waals surface area (Å²) in [5, 5.41) is 4.02. The van der Waals surface area contributed by atoms with Crippen molar-refractivity contribution in [2.75, 3.05) is 33.9 Å². The third kappa shape index (κ3) is 5.68. The minimum atomic E-state index is -3.62. The van der Waals surface area contributed by atoms with Crippen LogP contribution in [0.2, 0.25) is 0 Å². The quantitative estimate of drug-likeness (QED) is 0.428. The van der Waals surface area contributed by atoms with E-state index in [0.717, 1.165) is 11.3 Å². The number of hydrogen-bond donors (Lipinski definition) is 0. The first-order chi connectivity index (χ1) is 17.3. The van der Waals surface area contributed by atoms with Crippen LogP contribution in [-0.2, 0) is 21.4 Å². The van der Waals surface area contributed by atoms with Gasteiger partial charge in [-0.3, -0.25) is 4.79 Å². The Morgan fingerprint density at radius 3 is 2.33 bits per heavy atom. The van der Waals surface area contributed by atoms with Crippen LogP contribution in [0.4, 0.5) is 0 Å². The summed E-state index contributed by atoms with van der Waals surface area (Å²) in [5.41, 5.74) is 0.785. The van der Waals surface area contributed by atoms with Gasteiger partial charge in [0.2, 0.25) is 27.6 Å². The zero-order valence-corrected chi connectivity index (χ0v) is 21.4. The largest absolute Gasteiger partial charge is 0.497 e. The third-order valence-electron chi connectivity index (χ3n) is 6.14. The van der Waals surface area contributed by atoms with Crippen molar-refractivity contribution in [3.05, 3.63) is 54.4 Å². The lowest BCUT2D eigenvalue weighted by Crippen LogP contribution is -2.43. The monoisotopic (exact) mass is 514 g/mol. The molecular weight excluding hydrogens is 484 g/mol. The lowest BCUT2D eigenvalue weighted by molar-refractivity contribution is -0.136. The SMILES string of the molecule is CCOc1ccc(-c2noc(CN(C)C(=O)C3CCN(S(=O)(=O)c4ccc(OC)cc4)CC3)n2)cc1. The Morgan fingerprint density at radius 2 is 1.72 bits per heavy atom. The zero-order valence-electron chi connectivity index (χ0n) is 20.6. The predicted octanol–water partition coefficient (Wildman–Crippen LogP) is 3.20. The van der Waals surface area contributed by atoms with E-state index in [2.05, 4.69) is 10.1 Å². The van der Waals surface area contributed by atoms with Crippen molar-refractivity contribution < 1.29 is 27.2 Å². The average Bonchev–Trinajstić information content (AvgIpc) is 3.37. The molecule has 11 heteroatoms. The molecule has 0 aliphatic carbocycles. The van der Waals surface area contributed by atoms with Crippen molar-refractivity contribution in [3.8, 4) is 22.9 Å². The Hall–Kier alpha value is -3.44. The first kappa shape index (κ1) is 25.6. The summed E-state index contributed by atoms with van der Waals surface area (Å²) in [7, 11) is -0.409. The van der Waals surface area contributed by atoms with Gasteiger partial charge < -0.3 is 18.9 Å². The van der Waals surface area contributed by atoms with Crippen LogP contribution in [0.1, 0.15) is 25.7 Å². The van der Waals surface area contributed by atoms with E-state index in [1.54, 1.807) is 24.1 Å². The summed E-state index contributed by atoms with van der Waals surface area (Å²) in [6.45, 7) is 3.24.